The zero-order valence-electron chi connectivity index (χ0n) is 15.3. The lowest BCUT2D eigenvalue weighted by molar-refractivity contribution is 0.148. The minimum absolute atomic E-state index is 0.144. The molecule has 1 aliphatic rings. The van der Waals surface area contributed by atoms with E-state index < -0.39 is 5.54 Å². The second-order valence-electron chi connectivity index (χ2n) is 6.77. The molecule has 4 heteroatoms. The molecule has 3 aromatic rings. The summed E-state index contributed by atoms with van der Waals surface area (Å²) in [7, 11) is 0. The molecule has 0 fully saturated rings. The van der Waals surface area contributed by atoms with E-state index in [2.05, 4.69) is 28.9 Å². The number of halogens is 1. The number of rotatable bonds is 3. The van der Waals surface area contributed by atoms with Gasteiger partial charge in [0.15, 0.2) is 5.54 Å². The molecular weight excluding hydrogens is 370 g/mol. The van der Waals surface area contributed by atoms with E-state index in [4.69, 9.17) is 16.3 Å². The molecule has 0 spiro atoms. The van der Waals surface area contributed by atoms with Gasteiger partial charge in [-0.2, -0.15) is 0 Å². The van der Waals surface area contributed by atoms with E-state index in [0.29, 0.717) is 11.6 Å². The first-order valence-corrected chi connectivity index (χ1v) is 9.51. The quantitative estimate of drug-likeness (QED) is 0.668. The Bertz CT molecular complexity index is 1010. The van der Waals surface area contributed by atoms with Crippen LogP contribution in [0.5, 0.6) is 5.75 Å². The Labute approximate surface area is 170 Å². The molecule has 28 heavy (non-hydrogen) atoms. The van der Waals surface area contributed by atoms with Crippen molar-refractivity contribution in [1.82, 2.24) is 0 Å². The van der Waals surface area contributed by atoms with Crippen LogP contribution < -0.4 is 9.64 Å². The van der Waals surface area contributed by atoms with E-state index in [-0.39, 0.29) is 13.2 Å². The molecule has 0 aromatic heterocycles. The number of ether oxygens (including phenoxy) is 1. The lowest BCUT2D eigenvalue weighted by atomic mass is 9.95. The number of anilines is 1. The van der Waals surface area contributed by atoms with Crippen LogP contribution >= 0.6 is 11.6 Å². The summed E-state index contributed by atoms with van der Waals surface area (Å²) in [6.07, 6.45) is 0. The SMILES string of the molecule is OC[C@]1(C#Cc2ccc(Cl)cc2)COc2ccccc2N1Cc1ccccc1. The molecule has 0 aliphatic carbocycles. The van der Waals surface area contributed by atoms with Crippen molar-refractivity contribution in [3.8, 4) is 17.6 Å². The lowest BCUT2D eigenvalue weighted by Gasteiger charge is -2.44. The summed E-state index contributed by atoms with van der Waals surface area (Å²) >= 11 is 5.97. The number of nitrogens with zero attached hydrogens (tertiary/aromatic N) is 1. The Morgan fingerprint density at radius 3 is 2.43 bits per heavy atom. The highest BCUT2D eigenvalue weighted by molar-refractivity contribution is 6.30. The zero-order valence-corrected chi connectivity index (χ0v) is 16.1. The Morgan fingerprint density at radius 2 is 1.68 bits per heavy atom. The van der Waals surface area contributed by atoms with Gasteiger partial charge in [0.25, 0.3) is 0 Å². The van der Waals surface area contributed by atoms with E-state index in [9.17, 15) is 5.11 Å². The summed E-state index contributed by atoms with van der Waals surface area (Å²) in [5, 5.41) is 11.1. The Hall–Kier alpha value is -2.93. The maximum Gasteiger partial charge on any atom is 0.160 e. The number of benzene rings is 3. The average molecular weight is 390 g/mol. The number of aliphatic hydroxyl groups is 1. The second kappa shape index (κ2) is 7.98. The van der Waals surface area contributed by atoms with Gasteiger partial charge in [0.05, 0.1) is 12.3 Å². The van der Waals surface area contributed by atoms with Gasteiger partial charge in [-0.05, 0) is 42.0 Å². The largest absolute Gasteiger partial charge is 0.488 e. The van der Waals surface area contributed by atoms with Crippen LogP contribution in [0, 0.1) is 11.8 Å². The van der Waals surface area contributed by atoms with Gasteiger partial charge < -0.3 is 14.7 Å². The average Bonchev–Trinajstić information content (AvgIpc) is 2.75. The number of aliphatic hydroxyl groups excluding tert-OH is 1. The summed E-state index contributed by atoms with van der Waals surface area (Å²) in [6, 6.07) is 25.4. The predicted molar refractivity (Wildman–Crippen MR) is 113 cm³/mol. The van der Waals surface area contributed by atoms with Gasteiger partial charge in [0, 0.05) is 17.1 Å². The molecule has 0 amide bonds. The van der Waals surface area contributed by atoms with E-state index in [1.165, 1.54) is 0 Å². The molecule has 0 saturated heterocycles. The van der Waals surface area contributed by atoms with E-state index in [1.807, 2.05) is 66.7 Å². The number of para-hydroxylation sites is 2. The molecule has 0 unspecified atom stereocenters. The first kappa shape index (κ1) is 18.4. The highest BCUT2D eigenvalue weighted by Crippen LogP contribution is 2.39. The van der Waals surface area contributed by atoms with Gasteiger partial charge in [-0.25, -0.2) is 0 Å². The van der Waals surface area contributed by atoms with Crippen molar-refractivity contribution < 1.29 is 9.84 Å². The Kier molecular flexibility index (Phi) is 5.25. The Morgan fingerprint density at radius 1 is 0.964 bits per heavy atom. The molecule has 3 aromatic carbocycles. The molecule has 3 nitrogen and oxygen atoms in total. The van der Waals surface area contributed by atoms with Gasteiger partial charge in [0.2, 0.25) is 0 Å². The smallest absolute Gasteiger partial charge is 0.160 e. The Balaban J connectivity index is 1.76. The second-order valence-corrected chi connectivity index (χ2v) is 7.21. The van der Waals surface area contributed by atoms with Crippen LogP contribution in [0.4, 0.5) is 5.69 Å². The standard InChI is InChI=1S/C24H20ClNO2/c25-21-12-10-19(11-13-21)14-15-24(17-27)18-28-23-9-5-4-8-22(23)26(24)16-20-6-2-1-3-7-20/h1-13,27H,16-18H2/t24-/m1/s1. The summed E-state index contributed by atoms with van der Waals surface area (Å²) in [4.78, 5) is 2.14. The lowest BCUT2D eigenvalue weighted by Crippen LogP contribution is -2.57. The van der Waals surface area contributed by atoms with Crippen LogP contribution in [0.3, 0.4) is 0 Å². The molecular formula is C24H20ClNO2. The highest BCUT2D eigenvalue weighted by atomic mass is 35.5. The maximum atomic E-state index is 10.4. The number of hydrogen-bond donors (Lipinski definition) is 1. The van der Waals surface area contributed by atoms with Crippen molar-refractivity contribution in [2.24, 2.45) is 0 Å². The van der Waals surface area contributed by atoms with Gasteiger partial charge in [0.1, 0.15) is 12.4 Å². The number of hydrogen-bond acceptors (Lipinski definition) is 3. The summed E-state index contributed by atoms with van der Waals surface area (Å²) in [5.74, 6) is 7.28. The molecule has 1 atom stereocenters. The van der Waals surface area contributed by atoms with Gasteiger partial charge >= 0.3 is 0 Å². The van der Waals surface area contributed by atoms with Crippen molar-refractivity contribution in [3.63, 3.8) is 0 Å². The highest BCUT2D eigenvalue weighted by Gasteiger charge is 2.40. The van der Waals surface area contributed by atoms with Crippen LogP contribution in [0.25, 0.3) is 0 Å². The van der Waals surface area contributed by atoms with Gasteiger partial charge in [-0.1, -0.05) is 65.9 Å². The van der Waals surface area contributed by atoms with Crippen LogP contribution in [0.15, 0.2) is 78.9 Å². The third-order valence-corrected chi connectivity index (χ3v) is 5.12. The third-order valence-electron chi connectivity index (χ3n) is 4.87. The maximum absolute atomic E-state index is 10.4. The molecule has 1 N–H and O–H groups in total. The molecule has 4 rings (SSSR count). The fraction of sp³-hybridized carbons (Fsp3) is 0.167. The number of fused-ring (bicyclic) bond motifs is 1. The first-order valence-electron chi connectivity index (χ1n) is 9.13. The van der Waals surface area contributed by atoms with E-state index in [0.717, 1.165) is 22.6 Å². The third kappa shape index (κ3) is 3.71. The monoisotopic (exact) mass is 389 g/mol. The van der Waals surface area contributed by atoms with E-state index in [1.54, 1.807) is 0 Å². The van der Waals surface area contributed by atoms with Crippen molar-refractivity contribution in [2.45, 2.75) is 12.1 Å². The van der Waals surface area contributed by atoms with Crippen molar-refractivity contribution in [3.05, 3.63) is 95.0 Å². The molecule has 0 saturated carbocycles. The summed E-state index contributed by atoms with van der Waals surface area (Å²) < 4.78 is 5.98. The zero-order chi connectivity index (χ0) is 19.4. The summed E-state index contributed by atoms with van der Waals surface area (Å²) in [6.45, 7) is 0.764. The minimum Gasteiger partial charge on any atom is -0.488 e. The topological polar surface area (TPSA) is 32.7 Å². The van der Waals surface area contributed by atoms with Crippen LogP contribution in [-0.4, -0.2) is 23.9 Å². The van der Waals surface area contributed by atoms with E-state index >= 15 is 0 Å². The normalized spacial score (nSPS) is 17.9. The molecule has 1 aliphatic heterocycles. The molecule has 0 radical (unpaired) electrons. The van der Waals surface area contributed by atoms with Gasteiger partial charge in [-0.3, -0.25) is 0 Å². The van der Waals surface area contributed by atoms with Crippen molar-refractivity contribution in [2.75, 3.05) is 18.1 Å². The minimum atomic E-state index is -0.843. The van der Waals surface area contributed by atoms with Crippen LogP contribution in [0.1, 0.15) is 11.1 Å². The first-order chi connectivity index (χ1) is 13.7. The van der Waals surface area contributed by atoms with Crippen LogP contribution in [-0.2, 0) is 6.54 Å². The van der Waals surface area contributed by atoms with Crippen molar-refractivity contribution >= 4 is 17.3 Å². The fourth-order valence-electron chi connectivity index (χ4n) is 3.31. The summed E-state index contributed by atoms with van der Waals surface area (Å²) in [5.41, 5.74) is 2.07. The fourth-order valence-corrected chi connectivity index (χ4v) is 3.43. The molecule has 140 valence electrons. The van der Waals surface area contributed by atoms with Gasteiger partial charge in [-0.15, -0.1) is 0 Å². The van der Waals surface area contributed by atoms with Crippen LogP contribution in [0.2, 0.25) is 5.02 Å². The van der Waals surface area contributed by atoms with Crippen molar-refractivity contribution in [1.29, 1.82) is 0 Å². The predicted octanol–water partition coefficient (Wildman–Crippen LogP) is 4.52. The molecule has 0 bridgehead atoms. The molecule has 1 heterocycles.